The predicted molar refractivity (Wildman–Crippen MR) is 71.0 cm³/mol. The molecule has 4 rings (SSSR count). The second-order valence-electron chi connectivity index (χ2n) is 4.88. The second kappa shape index (κ2) is 5.09. The molecule has 1 aromatic rings. The smallest absolute Gasteiger partial charge is 0.337 e. The van der Waals surface area contributed by atoms with Crippen LogP contribution in [0.5, 0.6) is 0 Å². The number of esters is 1. The molecule has 2 aliphatic heterocycles. The molecule has 1 fully saturated rings. The Balaban J connectivity index is 1.84. The summed E-state index contributed by atoms with van der Waals surface area (Å²) in [5, 5.41) is 1.41. The molecule has 2 unspecified atom stereocenters. The minimum absolute atomic E-state index is 0.0192. The fourth-order valence-corrected chi connectivity index (χ4v) is 2.51. The largest absolute Gasteiger partial charge is 0.465 e. The Bertz CT molecular complexity index is 581. The molecule has 5 nitrogen and oxygen atoms in total. The highest BCUT2D eigenvalue weighted by atomic mass is 16.7. The molecule has 104 valence electrons. The minimum atomic E-state index is -0.458. The number of carbonyl (C=O) groups excluding carboxylic acids is 2. The van der Waals surface area contributed by atoms with Gasteiger partial charge in [-0.15, -0.1) is 0 Å². The summed E-state index contributed by atoms with van der Waals surface area (Å²) in [6, 6.07) is 6.46. The molecular formula is C15H15NO4. The highest BCUT2D eigenvalue weighted by Crippen LogP contribution is 2.28. The Kier molecular flexibility index (Phi) is 3.28. The van der Waals surface area contributed by atoms with Crippen molar-refractivity contribution in [3.05, 3.63) is 47.5 Å². The fraction of sp³-hybridized carbons (Fsp3) is 0.333. The van der Waals surface area contributed by atoms with Gasteiger partial charge in [0.1, 0.15) is 6.10 Å². The number of nitrogens with zero attached hydrogens (tertiary/aromatic N) is 1. The van der Waals surface area contributed by atoms with E-state index in [-0.39, 0.29) is 18.1 Å². The summed E-state index contributed by atoms with van der Waals surface area (Å²) < 4.78 is 4.66. The second-order valence-corrected chi connectivity index (χ2v) is 4.88. The molecule has 3 aliphatic rings. The van der Waals surface area contributed by atoms with Gasteiger partial charge in [-0.05, 0) is 31.0 Å². The van der Waals surface area contributed by atoms with Gasteiger partial charge in [0.15, 0.2) is 0 Å². The van der Waals surface area contributed by atoms with Gasteiger partial charge >= 0.3 is 5.97 Å². The van der Waals surface area contributed by atoms with E-state index in [2.05, 4.69) is 4.74 Å². The zero-order valence-corrected chi connectivity index (χ0v) is 11.1. The molecule has 2 heterocycles. The Labute approximate surface area is 116 Å². The number of ether oxygens (including phenoxy) is 1. The summed E-state index contributed by atoms with van der Waals surface area (Å²) in [5.74, 6) is -0.685. The summed E-state index contributed by atoms with van der Waals surface area (Å²) in [6.07, 6.45) is 5.81. The molecule has 0 spiro atoms. The first-order valence-corrected chi connectivity index (χ1v) is 6.56. The number of benzene rings is 1. The van der Waals surface area contributed by atoms with Crippen LogP contribution in [-0.4, -0.2) is 36.2 Å². The maximum absolute atomic E-state index is 12.5. The number of amides is 1. The number of hydrogen-bond acceptors (Lipinski definition) is 4. The average Bonchev–Trinajstić information content (AvgIpc) is 2.54. The third-order valence-electron chi connectivity index (χ3n) is 3.58. The molecule has 1 saturated heterocycles. The molecule has 1 amide bonds. The summed E-state index contributed by atoms with van der Waals surface area (Å²) in [4.78, 5) is 29.6. The summed E-state index contributed by atoms with van der Waals surface area (Å²) >= 11 is 0. The molecule has 2 atom stereocenters. The van der Waals surface area contributed by atoms with Crippen LogP contribution in [0.1, 0.15) is 33.6 Å². The first-order valence-electron chi connectivity index (χ1n) is 6.56. The highest BCUT2D eigenvalue weighted by molar-refractivity contribution is 5.97. The van der Waals surface area contributed by atoms with Gasteiger partial charge in [-0.2, -0.15) is 0 Å². The standard InChI is InChI=1S/C15H15NO4/c1-19-15(18)11-4-2-3-10(9-11)14(17)16-12-5-7-13(20-16)8-6-12/h2-5,7,9,12-13H,6,8H2,1H3. The van der Waals surface area contributed by atoms with Crippen LogP contribution in [0.2, 0.25) is 0 Å². The minimum Gasteiger partial charge on any atom is -0.465 e. The van der Waals surface area contributed by atoms with Crippen LogP contribution >= 0.6 is 0 Å². The van der Waals surface area contributed by atoms with E-state index in [9.17, 15) is 9.59 Å². The maximum atomic E-state index is 12.5. The van der Waals surface area contributed by atoms with Gasteiger partial charge in [-0.1, -0.05) is 18.2 Å². The Morgan fingerprint density at radius 2 is 2.05 bits per heavy atom. The van der Waals surface area contributed by atoms with Crippen molar-refractivity contribution in [1.29, 1.82) is 0 Å². The molecule has 2 bridgehead atoms. The van der Waals surface area contributed by atoms with Crippen molar-refractivity contribution in [2.75, 3.05) is 7.11 Å². The lowest BCUT2D eigenvalue weighted by molar-refractivity contribution is -0.197. The molecule has 0 radical (unpaired) electrons. The number of hydrogen-bond donors (Lipinski definition) is 0. The first-order chi connectivity index (χ1) is 9.69. The molecule has 1 aromatic carbocycles. The number of carbonyl (C=O) groups is 2. The van der Waals surface area contributed by atoms with Gasteiger partial charge in [0, 0.05) is 5.56 Å². The van der Waals surface area contributed by atoms with Crippen molar-refractivity contribution >= 4 is 11.9 Å². The van der Waals surface area contributed by atoms with Crippen molar-refractivity contribution < 1.29 is 19.2 Å². The molecule has 20 heavy (non-hydrogen) atoms. The zero-order chi connectivity index (χ0) is 14.1. The van der Waals surface area contributed by atoms with E-state index >= 15 is 0 Å². The third kappa shape index (κ3) is 2.20. The highest BCUT2D eigenvalue weighted by Gasteiger charge is 2.34. The van der Waals surface area contributed by atoms with Crippen molar-refractivity contribution in [1.82, 2.24) is 5.06 Å². The maximum Gasteiger partial charge on any atom is 0.337 e. The van der Waals surface area contributed by atoms with Crippen molar-refractivity contribution in [2.45, 2.75) is 25.0 Å². The van der Waals surface area contributed by atoms with Gasteiger partial charge in [0.05, 0.1) is 18.7 Å². The Morgan fingerprint density at radius 3 is 2.65 bits per heavy atom. The molecule has 5 heteroatoms. The number of hydroxylamine groups is 2. The van der Waals surface area contributed by atoms with Crippen LogP contribution in [0.3, 0.4) is 0 Å². The molecular weight excluding hydrogens is 258 g/mol. The van der Waals surface area contributed by atoms with Crippen LogP contribution in [0, 0.1) is 0 Å². The Morgan fingerprint density at radius 1 is 1.25 bits per heavy atom. The normalized spacial score (nSPS) is 23.8. The number of rotatable bonds is 2. The first kappa shape index (κ1) is 12.9. The van der Waals surface area contributed by atoms with Crippen LogP contribution < -0.4 is 0 Å². The van der Waals surface area contributed by atoms with E-state index < -0.39 is 5.97 Å². The predicted octanol–water partition coefficient (Wildman–Crippen LogP) is 1.95. The van der Waals surface area contributed by atoms with Crippen molar-refractivity contribution in [3.63, 3.8) is 0 Å². The lowest BCUT2D eigenvalue weighted by atomic mass is 9.97. The van der Waals surface area contributed by atoms with Gasteiger partial charge < -0.3 is 4.74 Å². The van der Waals surface area contributed by atoms with Crippen LogP contribution in [0.25, 0.3) is 0 Å². The van der Waals surface area contributed by atoms with E-state index in [1.54, 1.807) is 18.2 Å². The van der Waals surface area contributed by atoms with Crippen LogP contribution in [-0.2, 0) is 9.57 Å². The molecule has 1 aliphatic carbocycles. The van der Waals surface area contributed by atoms with Crippen molar-refractivity contribution in [2.24, 2.45) is 0 Å². The van der Waals surface area contributed by atoms with Crippen LogP contribution in [0.15, 0.2) is 36.4 Å². The zero-order valence-electron chi connectivity index (χ0n) is 11.1. The molecule has 0 aromatic heterocycles. The van der Waals surface area contributed by atoms with E-state index in [4.69, 9.17) is 4.84 Å². The van der Waals surface area contributed by atoms with Gasteiger partial charge in [-0.3, -0.25) is 9.63 Å². The van der Waals surface area contributed by atoms with E-state index in [0.29, 0.717) is 11.1 Å². The number of methoxy groups -OCH3 is 1. The van der Waals surface area contributed by atoms with Gasteiger partial charge in [0.2, 0.25) is 0 Å². The number of fused-ring (bicyclic) bond motifs is 2. The van der Waals surface area contributed by atoms with Crippen LogP contribution in [0.4, 0.5) is 0 Å². The van der Waals surface area contributed by atoms with Gasteiger partial charge in [-0.25, -0.2) is 9.86 Å². The fourth-order valence-electron chi connectivity index (χ4n) is 2.51. The van der Waals surface area contributed by atoms with E-state index in [1.165, 1.54) is 18.2 Å². The topological polar surface area (TPSA) is 55.8 Å². The quantitative estimate of drug-likeness (QED) is 0.610. The Hall–Kier alpha value is -2.14. The monoisotopic (exact) mass is 273 g/mol. The average molecular weight is 273 g/mol. The lowest BCUT2D eigenvalue weighted by Gasteiger charge is -2.40. The lowest BCUT2D eigenvalue weighted by Crippen LogP contribution is -2.48. The van der Waals surface area contributed by atoms with Gasteiger partial charge in [0.25, 0.3) is 5.91 Å². The van der Waals surface area contributed by atoms with E-state index in [0.717, 1.165) is 12.8 Å². The molecule has 0 N–H and O–H groups in total. The summed E-state index contributed by atoms with van der Waals surface area (Å²) in [7, 11) is 1.31. The molecule has 0 saturated carbocycles. The summed E-state index contributed by atoms with van der Waals surface area (Å²) in [6.45, 7) is 0. The van der Waals surface area contributed by atoms with Crippen molar-refractivity contribution in [3.8, 4) is 0 Å². The SMILES string of the molecule is COC(=O)c1cccc(C(=O)N2OC3C=CC2CC3)c1. The third-order valence-corrected chi connectivity index (χ3v) is 3.58. The van der Waals surface area contributed by atoms with E-state index in [1.807, 2.05) is 12.2 Å². The summed E-state index contributed by atoms with van der Waals surface area (Å²) in [5.41, 5.74) is 0.782.